The SMILES string of the molecule is CC=CC.CO[SiH](COC(=O)C(C)(C)C)OC. The number of esters is 1. The summed E-state index contributed by atoms with van der Waals surface area (Å²) in [5, 5.41) is 0. The van der Waals surface area contributed by atoms with Crippen LogP contribution in [0.2, 0.25) is 0 Å². The number of hydrogen-bond acceptors (Lipinski definition) is 4. The summed E-state index contributed by atoms with van der Waals surface area (Å²) in [6, 6.07) is 0. The topological polar surface area (TPSA) is 44.8 Å². The van der Waals surface area contributed by atoms with Crippen molar-refractivity contribution in [3.8, 4) is 0 Å². The molecule has 0 heterocycles. The smallest absolute Gasteiger partial charge is 0.360 e. The summed E-state index contributed by atoms with van der Waals surface area (Å²) in [4.78, 5) is 11.3. The van der Waals surface area contributed by atoms with Crippen molar-refractivity contribution in [1.29, 1.82) is 0 Å². The standard InChI is InChI=1S/C8H18O4Si.C4H8/c1-8(2,3)7(9)12-6-13(10-4)11-5;1-3-4-2/h13H,6H2,1-5H3;3-4H,1-2H3. The highest BCUT2D eigenvalue weighted by atomic mass is 28.3. The maximum absolute atomic E-state index is 11.3. The normalized spacial score (nSPS) is 11.3. The third-order valence-electron chi connectivity index (χ3n) is 1.82. The van der Waals surface area contributed by atoms with E-state index in [1.165, 1.54) is 0 Å². The van der Waals surface area contributed by atoms with E-state index in [-0.39, 0.29) is 12.2 Å². The van der Waals surface area contributed by atoms with Crippen LogP contribution >= 0.6 is 0 Å². The van der Waals surface area contributed by atoms with Crippen molar-refractivity contribution in [2.24, 2.45) is 5.41 Å². The maximum Gasteiger partial charge on any atom is 0.360 e. The Morgan fingerprint density at radius 3 is 1.76 bits per heavy atom. The number of allylic oxidation sites excluding steroid dienone is 2. The molecule has 0 aliphatic rings. The van der Waals surface area contributed by atoms with Crippen LogP contribution in [0, 0.1) is 5.41 Å². The van der Waals surface area contributed by atoms with E-state index in [2.05, 4.69) is 0 Å². The molecule has 0 rings (SSSR count). The lowest BCUT2D eigenvalue weighted by atomic mass is 9.98. The van der Waals surface area contributed by atoms with Crippen LogP contribution in [0.3, 0.4) is 0 Å². The van der Waals surface area contributed by atoms with Gasteiger partial charge in [0.25, 0.3) is 0 Å². The van der Waals surface area contributed by atoms with Crippen LogP contribution in [0.15, 0.2) is 12.2 Å². The first-order valence-electron chi connectivity index (χ1n) is 5.63. The number of rotatable bonds is 4. The number of ether oxygens (including phenoxy) is 1. The van der Waals surface area contributed by atoms with E-state index in [4.69, 9.17) is 13.6 Å². The molecule has 0 aliphatic carbocycles. The molecule has 102 valence electrons. The first-order chi connectivity index (χ1) is 7.83. The van der Waals surface area contributed by atoms with Crippen LogP contribution in [0.25, 0.3) is 0 Å². The molecule has 0 aromatic rings. The predicted molar refractivity (Wildman–Crippen MR) is 72.1 cm³/mol. The molecule has 0 aromatic carbocycles. The molecule has 4 nitrogen and oxygen atoms in total. The summed E-state index contributed by atoms with van der Waals surface area (Å²) in [6.45, 7) is 9.43. The molecule has 0 atom stereocenters. The minimum absolute atomic E-state index is 0.223. The van der Waals surface area contributed by atoms with Crippen molar-refractivity contribution in [3.63, 3.8) is 0 Å². The first kappa shape index (κ1) is 18.7. The van der Waals surface area contributed by atoms with Crippen molar-refractivity contribution < 1.29 is 18.4 Å². The van der Waals surface area contributed by atoms with Gasteiger partial charge in [0.2, 0.25) is 0 Å². The zero-order valence-corrected chi connectivity index (χ0v) is 13.2. The maximum atomic E-state index is 11.3. The average molecular weight is 262 g/mol. The molecule has 0 aliphatic heterocycles. The van der Waals surface area contributed by atoms with Crippen molar-refractivity contribution in [2.45, 2.75) is 34.6 Å². The zero-order valence-electron chi connectivity index (χ0n) is 12.1. The molecule has 0 aromatic heterocycles. The van der Waals surface area contributed by atoms with Crippen LogP contribution in [0.1, 0.15) is 34.6 Å². The molecule has 0 saturated heterocycles. The van der Waals surface area contributed by atoms with E-state index in [1.807, 2.05) is 46.8 Å². The Kier molecular flexibility index (Phi) is 11.6. The van der Waals surface area contributed by atoms with E-state index in [9.17, 15) is 4.79 Å². The Balaban J connectivity index is 0. The highest BCUT2D eigenvalue weighted by Gasteiger charge is 2.24. The van der Waals surface area contributed by atoms with Crippen LogP contribution < -0.4 is 0 Å². The molecule has 0 amide bonds. The summed E-state index contributed by atoms with van der Waals surface area (Å²) in [5.74, 6) is -0.223. The molecule has 0 unspecified atom stereocenters. The van der Waals surface area contributed by atoms with Gasteiger partial charge < -0.3 is 13.6 Å². The van der Waals surface area contributed by atoms with Gasteiger partial charge >= 0.3 is 15.3 Å². The largest absolute Gasteiger partial charge is 0.464 e. The lowest BCUT2D eigenvalue weighted by Gasteiger charge is -2.18. The quantitative estimate of drug-likeness (QED) is 0.443. The summed E-state index contributed by atoms with van der Waals surface area (Å²) < 4.78 is 15.0. The molecule has 5 heteroatoms. The fraction of sp³-hybridized carbons (Fsp3) is 0.750. The van der Waals surface area contributed by atoms with Gasteiger partial charge in [0, 0.05) is 14.2 Å². The van der Waals surface area contributed by atoms with Crippen LogP contribution in [-0.2, 0) is 18.4 Å². The second-order valence-corrected chi connectivity index (χ2v) is 6.55. The second kappa shape index (κ2) is 10.5. The van der Waals surface area contributed by atoms with Gasteiger partial charge in [0.05, 0.1) is 5.41 Å². The molecule has 0 saturated carbocycles. The second-order valence-electron chi connectivity index (χ2n) is 4.42. The lowest BCUT2D eigenvalue weighted by Crippen LogP contribution is -2.32. The number of hydrogen-bond donors (Lipinski definition) is 0. The van der Waals surface area contributed by atoms with Gasteiger partial charge in [0.15, 0.2) is 0 Å². The summed E-state index contributed by atoms with van der Waals surface area (Å²) in [5.41, 5.74) is -0.458. The van der Waals surface area contributed by atoms with Crippen LogP contribution in [0.5, 0.6) is 0 Å². The summed E-state index contributed by atoms with van der Waals surface area (Å²) in [6.07, 6.45) is 4.27. The van der Waals surface area contributed by atoms with Crippen LogP contribution in [0.4, 0.5) is 0 Å². The monoisotopic (exact) mass is 262 g/mol. The van der Waals surface area contributed by atoms with E-state index >= 15 is 0 Å². The number of carbonyl (C=O) groups excluding carboxylic acids is 1. The molecule has 17 heavy (non-hydrogen) atoms. The van der Waals surface area contributed by atoms with Crippen molar-refractivity contribution in [1.82, 2.24) is 0 Å². The van der Waals surface area contributed by atoms with Gasteiger partial charge in [-0.3, -0.25) is 4.79 Å². The van der Waals surface area contributed by atoms with Gasteiger partial charge in [0.1, 0.15) is 6.23 Å². The molecule has 0 bridgehead atoms. The Labute approximate surface area is 107 Å². The highest BCUT2D eigenvalue weighted by molar-refractivity contribution is 6.44. The van der Waals surface area contributed by atoms with Crippen molar-refractivity contribution in [3.05, 3.63) is 12.2 Å². The number of carbonyl (C=O) groups is 1. The Morgan fingerprint density at radius 1 is 1.12 bits per heavy atom. The minimum atomic E-state index is -1.76. The minimum Gasteiger partial charge on any atom is -0.464 e. The van der Waals surface area contributed by atoms with Gasteiger partial charge in [-0.2, -0.15) is 0 Å². The Morgan fingerprint density at radius 2 is 1.53 bits per heavy atom. The van der Waals surface area contributed by atoms with Crippen molar-refractivity contribution in [2.75, 3.05) is 20.4 Å². The molecule has 0 N–H and O–H groups in total. The Bertz CT molecular complexity index is 213. The van der Waals surface area contributed by atoms with Crippen LogP contribution in [-0.4, -0.2) is 35.7 Å². The third-order valence-corrected chi connectivity index (χ3v) is 3.31. The van der Waals surface area contributed by atoms with E-state index < -0.39 is 14.7 Å². The van der Waals surface area contributed by atoms with Gasteiger partial charge in [-0.15, -0.1) is 0 Å². The van der Waals surface area contributed by atoms with E-state index in [0.29, 0.717) is 0 Å². The summed E-state index contributed by atoms with van der Waals surface area (Å²) >= 11 is 0. The molecular weight excluding hydrogens is 236 g/mol. The van der Waals surface area contributed by atoms with Gasteiger partial charge in [-0.1, -0.05) is 12.2 Å². The average Bonchev–Trinajstić information content (AvgIpc) is 2.29. The fourth-order valence-corrected chi connectivity index (χ4v) is 1.34. The predicted octanol–water partition coefficient (Wildman–Crippen LogP) is 2.21. The molecule has 0 radical (unpaired) electrons. The van der Waals surface area contributed by atoms with Crippen molar-refractivity contribution >= 4 is 15.3 Å². The van der Waals surface area contributed by atoms with E-state index in [0.717, 1.165) is 0 Å². The fourth-order valence-electron chi connectivity index (χ4n) is 0.593. The van der Waals surface area contributed by atoms with Gasteiger partial charge in [-0.25, -0.2) is 0 Å². The third kappa shape index (κ3) is 11.6. The summed E-state index contributed by atoms with van der Waals surface area (Å²) in [7, 11) is 1.36. The molecular formula is C12H26O4Si. The van der Waals surface area contributed by atoms with Gasteiger partial charge in [-0.05, 0) is 34.6 Å². The highest BCUT2D eigenvalue weighted by Crippen LogP contribution is 2.14. The molecule has 0 fully saturated rings. The zero-order chi connectivity index (χ0) is 13.9. The Hall–Kier alpha value is -0.653. The lowest BCUT2D eigenvalue weighted by molar-refractivity contribution is -0.151. The first-order valence-corrected chi connectivity index (χ1v) is 7.39. The van der Waals surface area contributed by atoms with E-state index in [1.54, 1.807) is 14.2 Å². The molecule has 0 spiro atoms.